The van der Waals surface area contributed by atoms with E-state index in [1.807, 2.05) is 0 Å². The smallest absolute Gasteiger partial charge is 0.246 e. The van der Waals surface area contributed by atoms with Crippen molar-refractivity contribution in [1.29, 1.82) is 0 Å². The summed E-state index contributed by atoms with van der Waals surface area (Å²) in [6, 6.07) is 0. The molecule has 1 fully saturated rings. The number of carbonyl (C=O) groups excluding carboxylic acids is 1. The molecule has 1 aliphatic rings. The van der Waals surface area contributed by atoms with Gasteiger partial charge in [-0.05, 0) is 32.6 Å². The molecule has 0 aromatic rings. The fourth-order valence-corrected chi connectivity index (χ4v) is 1.55. The second kappa shape index (κ2) is 5.81. The maximum atomic E-state index is 11.1. The summed E-state index contributed by atoms with van der Waals surface area (Å²) in [7, 11) is 0. The molecule has 3 heteroatoms. The van der Waals surface area contributed by atoms with Crippen LogP contribution in [0, 0.1) is 0 Å². The van der Waals surface area contributed by atoms with Crippen molar-refractivity contribution in [2.45, 2.75) is 38.7 Å². The van der Waals surface area contributed by atoms with Gasteiger partial charge in [-0.15, -0.1) is 0 Å². The zero-order chi connectivity index (χ0) is 10.4. The van der Waals surface area contributed by atoms with Crippen molar-refractivity contribution < 1.29 is 9.53 Å². The Hall–Kier alpha value is -0.830. The molecular formula is C11H19NO2. The van der Waals surface area contributed by atoms with Crippen molar-refractivity contribution in [2.24, 2.45) is 0 Å². The summed E-state index contributed by atoms with van der Waals surface area (Å²) in [5.41, 5.74) is 0.571. The average Bonchev–Trinajstić information content (AvgIpc) is 2.64. The maximum absolute atomic E-state index is 11.1. The summed E-state index contributed by atoms with van der Waals surface area (Å²) >= 11 is 0. The van der Waals surface area contributed by atoms with Crippen LogP contribution in [0.3, 0.4) is 0 Å². The molecule has 0 aliphatic carbocycles. The Kier molecular flexibility index (Phi) is 4.66. The summed E-state index contributed by atoms with van der Waals surface area (Å²) in [5.74, 6) is -0.0441. The summed E-state index contributed by atoms with van der Waals surface area (Å²) in [5, 5.41) is 2.81. The lowest BCUT2D eigenvalue weighted by molar-refractivity contribution is -0.117. The Labute approximate surface area is 85.5 Å². The summed E-state index contributed by atoms with van der Waals surface area (Å²) in [4.78, 5) is 11.1. The standard InChI is InChI=1S/C11H19NO2/c1-9(2)11(13)12-7-3-5-10-6-4-8-14-10/h10H,1,3-8H2,2H3,(H,12,13). The van der Waals surface area contributed by atoms with Crippen molar-refractivity contribution in [3.63, 3.8) is 0 Å². The van der Waals surface area contributed by atoms with Gasteiger partial charge in [-0.1, -0.05) is 6.58 Å². The zero-order valence-electron chi connectivity index (χ0n) is 8.84. The Morgan fingerprint density at radius 2 is 2.43 bits per heavy atom. The van der Waals surface area contributed by atoms with Crippen LogP contribution in [-0.4, -0.2) is 25.2 Å². The Morgan fingerprint density at radius 3 is 3.00 bits per heavy atom. The molecule has 1 unspecified atom stereocenters. The van der Waals surface area contributed by atoms with Gasteiger partial charge in [0.1, 0.15) is 0 Å². The van der Waals surface area contributed by atoms with Crippen LogP contribution in [0.2, 0.25) is 0 Å². The van der Waals surface area contributed by atoms with Gasteiger partial charge in [0.25, 0.3) is 0 Å². The highest BCUT2D eigenvalue weighted by Gasteiger charge is 2.14. The highest BCUT2D eigenvalue weighted by Crippen LogP contribution is 2.16. The number of amides is 1. The Balaban J connectivity index is 1.98. The van der Waals surface area contributed by atoms with Crippen LogP contribution in [0.1, 0.15) is 32.6 Å². The van der Waals surface area contributed by atoms with E-state index >= 15 is 0 Å². The first-order valence-corrected chi connectivity index (χ1v) is 5.25. The molecule has 1 aliphatic heterocycles. The van der Waals surface area contributed by atoms with Gasteiger partial charge >= 0.3 is 0 Å². The number of carbonyl (C=O) groups is 1. The van der Waals surface area contributed by atoms with E-state index in [0.717, 1.165) is 26.0 Å². The molecule has 1 heterocycles. The van der Waals surface area contributed by atoms with Crippen molar-refractivity contribution in [3.8, 4) is 0 Å². The molecule has 80 valence electrons. The molecule has 0 radical (unpaired) electrons. The van der Waals surface area contributed by atoms with E-state index in [1.54, 1.807) is 6.92 Å². The Morgan fingerprint density at radius 1 is 1.64 bits per heavy atom. The molecule has 0 spiro atoms. The van der Waals surface area contributed by atoms with E-state index < -0.39 is 0 Å². The fraction of sp³-hybridized carbons (Fsp3) is 0.727. The van der Waals surface area contributed by atoms with Gasteiger partial charge in [-0.25, -0.2) is 0 Å². The highest BCUT2D eigenvalue weighted by molar-refractivity contribution is 5.91. The molecule has 1 rings (SSSR count). The number of ether oxygens (including phenoxy) is 1. The first-order chi connectivity index (χ1) is 6.70. The summed E-state index contributed by atoms with van der Waals surface area (Å²) in [6.07, 6.45) is 4.83. The van der Waals surface area contributed by atoms with Crippen LogP contribution in [0.15, 0.2) is 12.2 Å². The van der Waals surface area contributed by atoms with Crippen LogP contribution in [-0.2, 0) is 9.53 Å². The second-order valence-corrected chi connectivity index (χ2v) is 3.81. The third-order valence-corrected chi connectivity index (χ3v) is 2.40. The first kappa shape index (κ1) is 11.2. The minimum atomic E-state index is -0.0441. The normalized spacial score (nSPS) is 20.8. The number of rotatable bonds is 5. The van der Waals surface area contributed by atoms with E-state index in [4.69, 9.17) is 4.74 Å². The second-order valence-electron chi connectivity index (χ2n) is 3.81. The van der Waals surface area contributed by atoms with Gasteiger partial charge in [0, 0.05) is 18.7 Å². The van der Waals surface area contributed by atoms with E-state index in [-0.39, 0.29) is 5.91 Å². The van der Waals surface area contributed by atoms with Crippen LogP contribution < -0.4 is 5.32 Å². The van der Waals surface area contributed by atoms with Crippen molar-refractivity contribution in [1.82, 2.24) is 5.32 Å². The molecule has 1 saturated heterocycles. The molecule has 3 nitrogen and oxygen atoms in total. The number of hydrogen-bond donors (Lipinski definition) is 1. The predicted molar refractivity (Wildman–Crippen MR) is 56.0 cm³/mol. The van der Waals surface area contributed by atoms with Gasteiger partial charge < -0.3 is 10.1 Å². The number of nitrogens with one attached hydrogen (secondary N) is 1. The van der Waals surface area contributed by atoms with Gasteiger partial charge in [0.05, 0.1) is 6.10 Å². The van der Waals surface area contributed by atoms with Crippen LogP contribution in [0.25, 0.3) is 0 Å². The third kappa shape index (κ3) is 3.92. The summed E-state index contributed by atoms with van der Waals surface area (Å²) < 4.78 is 5.48. The van der Waals surface area contributed by atoms with Crippen LogP contribution in [0.4, 0.5) is 0 Å². The van der Waals surface area contributed by atoms with Gasteiger partial charge in [-0.3, -0.25) is 4.79 Å². The van der Waals surface area contributed by atoms with Crippen molar-refractivity contribution in [2.75, 3.05) is 13.2 Å². The van der Waals surface area contributed by atoms with E-state index in [9.17, 15) is 4.79 Å². The number of hydrogen-bond acceptors (Lipinski definition) is 2. The predicted octanol–water partition coefficient (Wildman–Crippen LogP) is 1.64. The fourth-order valence-electron chi connectivity index (χ4n) is 1.55. The minimum absolute atomic E-state index is 0.0441. The minimum Gasteiger partial charge on any atom is -0.378 e. The average molecular weight is 197 g/mol. The van der Waals surface area contributed by atoms with Crippen molar-refractivity contribution >= 4 is 5.91 Å². The zero-order valence-corrected chi connectivity index (χ0v) is 8.84. The molecule has 0 saturated carbocycles. The third-order valence-electron chi connectivity index (χ3n) is 2.40. The molecule has 0 bridgehead atoms. The van der Waals surface area contributed by atoms with Gasteiger partial charge in [0.2, 0.25) is 5.91 Å². The lowest BCUT2D eigenvalue weighted by Crippen LogP contribution is -2.25. The molecule has 14 heavy (non-hydrogen) atoms. The highest BCUT2D eigenvalue weighted by atomic mass is 16.5. The molecule has 1 atom stereocenters. The molecule has 0 aromatic heterocycles. The van der Waals surface area contributed by atoms with E-state index in [1.165, 1.54) is 12.8 Å². The quantitative estimate of drug-likeness (QED) is 0.537. The first-order valence-electron chi connectivity index (χ1n) is 5.25. The van der Waals surface area contributed by atoms with Crippen LogP contribution >= 0.6 is 0 Å². The monoisotopic (exact) mass is 197 g/mol. The Bertz CT molecular complexity index is 207. The SMILES string of the molecule is C=C(C)C(=O)NCCCC1CCCO1. The van der Waals surface area contributed by atoms with Crippen LogP contribution in [0.5, 0.6) is 0 Å². The molecular weight excluding hydrogens is 178 g/mol. The molecule has 0 aromatic carbocycles. The van der Waals surface area contributed by atoms with Gasteiger partial charge in [0.15, 0.2) is 0 Å². The van der Waals surface area contributed by atoms with E-state index in [2.05, 4.69) is 11.9 Å². The topological polar surface area (TPSA) is 38.3 Å². The van der Waals surface area contributed by atoms with Crippen molar-refractivity contribution in [3.05, 3.63) is 12.2 Å². The molecule has 1 amide bonds. The van der Waals surface area contributed by atoms with Gasteiger partial charge in [-0.2, -0.15) is 0 Å². The summed E-state index contributed by atoms with van der Waals surface area (Å²) in [6.45, 7) is 6.93. The van der Waals surface area contributed by atoms with E-state index in [0.29, 0.717) is 11.7 Å². The maximum Gasteiger partial charge on any atom is 0.246 e. The molecule has 1 N–H and O–H groups in total. The lowest BCUT2D eigenvalue weighted by atomic mass is 10.1. The lowest BCUT2D eigenvalue weighted by Gasteiger charge is -2.09. The largest absolute Gasteiger partial charge is 0.378 e.